The smallest absolute Gasteiger partial charge is 0.253 e. The van der Waals surface area contributed by atoms with Gasteiger partial charge in [0, 0.05) is 29.0 Å². The Morgan fingerprint density at radius 3 is 2.80 bits per heavy atom. The molecular formula is C11H13Br2NO. The minimum absolute atomic E-state index is 0.0669. The van der Waals surface area contributed by atoms with Crippen LogP contribution in [0.4, 0.5) is 0 Å². The molecule has 0 aliphatic rings. The van der Waals surface area contributed by atoms with Gasteiger partial charge in [0.25, 0.3) is 5.91 Å². The molecule has 2 nitrogen and oxygen atoms in total. The summed E-state index contributed by atoms with van der Waals surface area (Å²) in [6.07, 6.45) is 0.968. The third-order valence-corrected chi connectivity index (χ3v) is 3.10. The average Bonchev–Trinajstić information content (AvgIpc) is 2.24. The molecule has 0 saturated heterocycles. The van der Waals surface area contributed by atoms with Crippen molar-refractivity contribution >= 4 is 37.8 Å². The molecule has 0 radical (unpaired) electrons. The maximum absolute atomic E-state index is 11.9. The zero-order valence-electron chi connectivity index (χ0n) is 8.54. The summed E-state index contributed by atoms with van der Waals surface area (Å²) in [7, 11) is 1.83. The maximum atomic E-state index is 11.9. The van der Waals surface area contributed by atoms with Gasteiger partial charge in [0.15, 0.2) is 0 Å². The van der Waals surface area contributed by atoms with Crippen molar-refractivity contribution in [2.24, 2.45) is 0 Å². The molecule has 0 aliphatic carbocycles. The Hall–Kier alpha value is -0.350. The first kappa shape index (κ1) is 12.7. The van der Waals surface area contributed by atoms with E-state index in [1.807, 2.05) is 31.3 Å². The van der Waals surface area contributed by atoms with Gasteiger partial charge in [-0.25, -0.2) is 0 Å². The number of rotatable bonds is 4. The van der Waals surface area contributed by atoms with Crippen LogP contribution in [0.5, 0.6) is 0 Å². The lowest BCUT2D eigenvalue weighted by Crippen LogP contribution is -2.27. The van der Waals surface area contributed by atoms with Crippen molar-refractivity contribution in [1.82, 2.24) is 4.90 Å². The van der Waals surface area contributed by atoms with Crippen molar-refractivity contribution in [2.75, 3.05) is 18.9 Å². The van der Waals surface area contributed by atoms with Crippen molar-refractivity contribution in [1.29, 1.82) is 0 Å². The normalized spacial score (nSPS) is 10.1. The Labute approximate surface area is 107 Å². The van der Waals surface area contributed by atoms with Gasteiger partial charge >= 0.3 is 0 Å². The lowest BCUT2D eigenvalue weighted by atomic mass is 10.2. The molecule has 0 unspecified atom stereocenters. The summed E-state index contributed by atoms with van der Waals surface area (Å²) < 4.78 is 0.933. The summed E-state index contributed by atoms with van der Waals surface area (Å²) in [6.45, 7) is 0.774. The molecule has 0 atom stereocenters. The first-order valence-electron chi connectivity index (χ1n) is 4.72. The maximum Gasteiger partial charge on any atom is 0.253 e. The number of hydrogen-bond acceptors (Lipinski definition) is 1. The minimum Gasteiger partial charge on any atom is -0.342 e. The largest absolute Gasteiger partial charge is 0.342 e. The molecule has 0 fully saturated rings. The first-order chi connectivity index (χ1) is 7.15. The van der Waals surface area contributed by atoms with E-state index in [2.05, 4.69) is 31.9 Å². The summed E-state index contributed by atoms with van der Waals surface area (Å²) in [6, 6.07) is 7.45. The van der Waals surface area contributed by atoms with Gasteiger partial charge in [-0.15, -0.1) is 0 Å². The van der Waals surface area contributed by atoms with Gasteiger partial charge in [0.2, 0.25) is 0 Å². The molecule has 0 saturated carbocycles. The molecule has 4 heteroatoms. The van der Waals surface area contributed by atoms with Crippen LogP contribution in [0.2, 0.25) is 0 Å². The molecule has 1 rings (SSSR count). The van der Waals surface area contributed by atoms with Crippen LogP contribution >= 0.6 is 31.9 Å². The number of nitrogens with zero attached hydrogens (tertiary/aromatic N) is 1. The fraction of sp³-hybridized carbons (Fsp3) is 0.364. The standard InChI is InChI=1S/C11H13Br2NO/c1-14(7-3-6-12)11(15)9-4-2-5-10(13)8-9/h2,4-5,8H,3,6-7H2,1H3. The van der Waals surface area contributed by atoms with Crippen molar-refractivity contribution in [2.45, 2.75) is 6.42 Å². The molecule has 1 aromatic carbocycles. The van der Waals surface area contributed by atoms with E-state index < -0.39 is 0 Å². The van der Waals surface area contributed by atoms with Crippen LogP contribution in [0.3, 0.4) is 0 Å². The van der Waals surface area contributed by atoms with Gasteiger partial charge in [-0.3, -0.25) is 4.79 Å². The highest BCUT2D eigenvalue weighted by Gasteiger charge is 2.10. The SMILES string of the molecule is CN(CCCBr)C(=O)c1cccc(Br)c1. The number of carbonyl (C=O) groups is 1. The Morgan fingerprint density at radius 1 is 1.47 bits per heavy atom. The lowest BCUT2D eigenvalue weighted by molar-refractivity contribution is 0.0795. The van der Waals surface area contributed by atoms with E-state index in [0.717, 1.165) is 28.3 Å². The number of alkyl halides is 1. The molecule has 15 heavy (non-hydrogen) atoms. The molecular weight excluding hydrogens is 322 g/mol. The number of halogens is 2. The van der Waals surface area contributed by atoms with Gasteiger partial charge in [-0.05, 0) is 24.6 Å². The van der Waals surface area contributed by atoms with Crippen LogP contribution in [0, 0.1) is 0 Å². The van der Waals surface area contributed by atoms with Crippen molar-refractivity contribution < 1.29 is 4.79 Å². The third kappa shape index (κ3) is 3.95. The Balaban J connectivity index is 2.67. The summed E-state index contributed by atoms with van der Waals surface area (Å²) in [4.78, 5) is 13.6. The molecule has 0 spiro atoms. The van der Waals surface area contributed by atoms with Crippen molar-refractivity contribution in [3.05, 3.63) is 34.3 Å². The van der Waals surface area contributed by atoms with Crippen LogP contribution in [0.15, 0.2) is 28.7 Å². The molecule has 0 heterocycles. The predicted octanol–water partition coefficient (Wildman–Crippen LogP) is 3.31. The fourth-order valence-corrected chi connectivity index (χ4v) is 1.89. The van der Waals surface area contributed by atoms with Crippen molar-refractivity contribution in [3.63, 3.8) is 0 Å². The molecule has 0 N–H and O–H groups in total. The second-order valence-corrected chi connectivity index (χ2v) is 4.99. The fourth-order valence-electron chi connectivity index (χ4n) is 1.24. The van der Waals surface area contributed by atoms with Crippen LogP contribution in [-0.2, 0) is 0 Å². The second-order valence-electron chi connectivity index (χ2n) is 3.28. The monoisotopic (exact) mass is 333 g/mol. The molecule has 82 valence electrons. The number of amides is 1. The Bertz CT molecular complexity index is 341. The van der Waals surface area contributed by atoms with Crippen LogP contribution in [0.1, 0.15) is 16.8 Å². The van der Waals surface area contributed by atoms with Crippen LogP contribution in [0.25, 0.3) is 0 Å². The van der Waals surface area contributed by atoms with Crippen LogP contribution in [-0.4, -0.2) is 29.7 Å². The summed E-state index contributed by atoms with van der Waals surface area (Å²) in [5.74, 6) is 0.0669. The van der Waals surface area contributed by atoms with Crippen LogP contribution < -0.4 is 0 Å². The van der Waals surface area contributed by atoms with Crippen molar-refractivity contribution in [3.8, 4) is 0 Å². The quantitative estimate of drug-likeness (QED) is 0.773. The van der Waals surface area contributed by atoms with Gasteiger partial charge in [-0.2, -0.15) is 0 Å². The van der Waals surface area contributed by atoms with Gasteiger partial charge in [0.05, 0.1) is 0 Å². The van der Waals surface area contributed by atoms with Gasteiger partial charge in [0.1, 0.15) is 0 Å². The highest BCUT2D eigenvalue weighted by Crippen LogP contribution is 2.13. The Kier molecular flexibility index (Phi) is 5.32. The summed E-state index contributed by atoms with van der Waals surface area (Å²) in [5, 5.41) is 0.920. The van der Waals surface area contributed by atoms with E-state index in [9.17, 15) is 4.79 Å². The van der Waals surface area contributed by atoms with E-state index in [-0.39, 0.29) is 5.91 Å². The van der Waals surface area contributed by atoms with E-state index in [1.54, 1.807) is 4.90 Å². The number of carbonyl (C=O) groups excluding carboxylic acids is 1. The third-order valence-electron chi connectivity index (χ3n) is 2.05. The summed E-state index contributed by atoms with van der Waals surface area (Å²) in [5.41, 5.74) is 0.724. The topological polar surface area (TPSA) is 20.3 Å². The Morgan fingerprint density at radius 2 is 2.20 bits per heavy atom. The van der Waals surface area contributed by atoms with E-state index >= 15 is 0 Å². The van der Waals surface area contributed by atoms with Gasteiger partial charge in [-0.1, -0.05) is 37.9 Å². The molecule has 0 aliphatic heterocycles. The van der Waals surface area contributed by atoms with E-state index in [1.165, 1.54) is 0 Å². The zero-order chi connectivity index (χ0) is 11.3. The highest BCUT2D eigenvalue weighted by molar-refractivity contribution is 9.10. The molecule has 0 bridgehead atoms. The van der Waals surface area contributed by atoms with Gasteiger partial charge < -0.3 is 4.90 Å². The zero-order valence-corrected chi connectivity index (χ0v) is 11.7. The summed E-state index contributed by atoms with van der Waals surface area (Å²) >= 11 is 6.70. The highest BCUT2D eigenvalue weighted by atomic mass is 79.9. The van der Waals surface area contributed by atoms with E-state index in [0.29, 0.717) is 0 Å². The average molecular weight is 335 g/mol. The number of hydrogen-bond donors (Lipinski definition) is 0. The number of benzene rings is 1. The van der Waals surface area contributed by atoms with E-state index in [4.69, 9.17) is 0 Å². The molecule has 1 amide bonds. The first-order valence-corrected chi connectivity index (χ1v) is 6.63. The second kappa shape index (κ2) is 6.28. The molecule has 0 aromatic heterocycles. The predicted molar refractivity (Wildman–Crippen MR) is 69.5 cm³/mol. The molecule has 1 aromatic rings. The minimum atomic E-state index is 0.0669. The lowest BCUT2D eigenvalue weighted by Gasteiger charge is -2.16.